The van der Waals surface area contributed by atoms with Gasteiger partial charge < -0.3 is 19.7 Å². The van der Waals surface area contributed by atoms with E-state index in [0.717, 1.165) is 49.2 Å². The molecule has 8 nitrogen and oxygen atoms in total. The van der Waals surface area contributed by atoms with Gasteiger partial charge in [-0.25, -0.2) is 17.6 Å². The van der Waals surface area contributed by atoms with Gasteiger partial charge in [-0.2, -0.15) is 0 Å². The van der Waals surface area contributed by atoms with E-state index in [1.807, 2.05) is 0 Å². The molecule has 0 aliphatic carbocycles. The summed E-state index contributed by atoms with van der Waals surface area (Å²) in [6.45, 7) is 4.01. The minimum Gasteiger partial charge on any atom is -0.507 e. The van der Waals surface area contributed by atoms with Gasteiger partial charge >= 0.3 is 5.97 Å². The fourth-order valence-corrected chi connectivity index (χ4v) is 7.06. The van der Waals surface area contributed by atoms with Gasteiger partial charge in [-0.05, 0) is 48.4 Å². The van der Waals surface area contributed by atoms with Gasteiger partial charge in [-0.1, -0.05) is 17.7 Å². The third-order valence-corrected chi connectivity index (χ3v) is 9.42. The Morgan fingerprint density at radius 3 is 2.57 bits per heavy atom. The fraction of sp³-hybridized carbons (Fsp3) is 0.320. The molecule has 1 aliphatic heterocycles. The van der Waals surface area contributed by atoms with Crippen molar-refractivity contribution in [1.82, 2.24) is 4.90 Å². The molecule has 0 unspecified atom stereocenters. The number of phenols is 2. The zero-order valence-corrected chi connectivity index (χ0v) is 22.0. The van der Waals surface area contributed by atoms with E-state index in [-0.39, 0.29) is 48.9 Å². The van der Waals surface area contributed by atoms with Crippen molar-refractivity contribution in [3.05, 3.63) is 63.7 Å². The predicted octanol–water partition coefficient (Wildman–Crippen LogP) is 4.47. The van der Waals surface area contributed by atoms with Crippen LogP contribution in [0.1, 0.15) is 22.3 Å². The number of carbonyl (C=O) groups excluding carboxylic acids is 1. The SMILES string of the molecule is O=C(OCCCN1CCOCC1)c1ccc(CS(=O)(=O)c2cc(-c3cc(F)ccc3O)c(Cl)s2)cc1O. The quantitative estimate of drug-likeness (QED) is 0.287. The lowest BCUT2D eigenvalue weighted by Gasteiger charge is -2.26. The zero-order chi connectivity index (χ0) is 26.6. The van der Waals surface area contributed by atoms with E-state index >= 15 is 0 Å². The fourth-order valence-electron chi connectivity index (χ4n) is 3.89. The highest BCUT2D eigenvalue weighted by molar-refractivity contribution is 7.92. The molecule has 0 atom stereocenters. The Balaban J connectivity index is 1.40. The van der Waals surface area contributed by atoms with Crippen LogP contribution in [0.15, 0.2) is 46.7 Å². The van der Waals surface area contributed by atoms with E-state index < -0.39 is 27.4 Å². The summed E-state index contributed by atoms with van der Waals surface area (Å²) < 4.78 is 50.2. The number of aromatic hydroxyl groups is 2. The number of halogens is 2. The van der Waals surface area contributed by atoms with E-state index in [1.54, 1.807) is 0 Å². The number of hydrogen-bond acceptors (Lipinski definition) is 9. The Kier molecular flexibility index (Phi) is 8.71. The highest BCUT2D eigenvalue weighted by Crippen LogP contribution is 2.42. The van der Waals surface area contributed by atoms with Crippen LogP contribution >= 0.6 is 22.9 Å². The number of morpholine rings is 1. The third kappa shape index (κ3) is 6.79. The molecule has 0 bridgehead atoms. The summed E-state index contributed by atoms with van der Waals surface area (Å²) in [5, 5.41) is 20.4. The number of thiophene rings is 1. The van der Waals surface area contributed by atoms with Crippen molar-refractivity contribution in [1.29, 1.82) is 0 Å². The Morgan fingerprint density at radius 2 is 1.84 bits per heavy atom. The molecule has 0 radical (unpaired) electrons. The molecule has 0 saturated carbocycles. The minimum atomic E-state index is -3.91. The van der Waals surface area contributed by atoms with Crippen molar-refractivity contribution in [2.75, 3.05) is 39.5 Å². The summed E-state index contributed by atoms with van der Waals surface area (Å²) in [7, 11) is -3.91. The molecule has 198 valence electrons. The third-order valence-electron chi connectivity index (χ3n) is 5.81. The first-order valence-corrected chi connectivity index (χ1v) is 14.3. The maximum absolute atomic E-state index is 13.7. The second-order valence-electron chi connectivity index (χ2n) is 8.47. The van der Waals surface area contributed by atoms with Gasteiger partial charge in [0.05, 0.1) is 25.6 Å². The molecule has 2 aromatic carbocycles. The number of hydrogen-bond donors (Lipinski definition) is 2. The van der Waals surface area contributed by atoms with Gasteiger partial charge in [0.1, 0.15) is 31.4 Å². The second kappa shape index (κ2) is 11.8. The van der Waals surface area contributed by atoms with E-state index in [1.165, 1.54) is 24.3 Å². The van der Waals surface area contributed by atoms with Crippen LogP contribution in [-0.4, -0.2) is 69.0 Å². The average Bonchev–Trinajstić information content (AvgIpc) is 3.26. The molecule has 1 aliphatic rings. The number of benzene rings is 2. The van der Waals surface area contributed by atoms with Crippen LogP contribution in [0.3, 0.4) is 0 Å². The van der Waals surface area contributed by atoms with Crippen LogP contribution < -0.4 is 0 Å². The Labute approximate surface area is 222 Å². The lowest BCUT2D eigenvalue weighted by molar-refractivity contribution is 0.0297. The van der Waals surface area contributed by atoms with Crippen molar-refractivity contribution in [2.45, 2.75) is 16.4 Å². The van der Waals surface area contributed by atoms with Crippen LogP contribution in [0.2, 0.25) is 4.34 Å². The van der Waals surface area contributed by atoms with Crippen molar-refractivity contribution < 1.29 is 37.3 Å². The molecule has 1 saturated heterocycles. The molecule has 0 amide bonds. The van der Waals surface area contributed by atoms with Gasteiger partial charge in [0, 0.05) is 30.8 Å². The van der Waals surface area contributed by atoms with E-state index in [2.05, 4.69) is 4.90 Å². The largest absolute Gasteiger partial charge is 0.507 e. The first-order chi connectivity index (χ1) is 17.6. The molecule has 2 heterocycles. The molecule has 1 fully saturated rings. The van der Waals surface area contributed by atoms with Crippen molar-refractivity contribution in [3.8, 4) is 22.6 Å². The summed E-state index contributed by atoms with van der Waals surface area (Å²) in [5.41, 5.74) is 0.460. The van der Waals surface area contributed by atoms with Gasteiger partial charge in [-0.15, -0.1) is 11.3 Å². The average molecular weight is 570 g/mol. The topological polar surface area (TPSA) is 113 Å². The Bertz CT molecular complexity index is 1390. The first-order valence-electron chi connectivity index (χ1n) is 11.4. The van der Waals surface area contributed by atoms with Gasteiger partial charge in [-0.3, -0.25) is 4.90 Å². The molecule has 2 N–H and O–H groups in total. The van der Waals surface area contributed by atoms with Crippen LogP contribution in [-0.2, 0) is 25.1 Å². The van der Waals surface area contributed by atoms with Crippen LogP contribution in [0.4, 0.5) is 4.39 Å². The molecular weight excluding hydrogens is 545 g/mol. The molecule has 12 heteroatoms. The van der Waals surface area contributed by atoms with Crippen molar-refractivity contribution >= 4 is 38.7 Å². The number of nitrogens with zero attached hydrogens (tertiary/aromatic N) is 1. The smallest absolute Gasteiger partial charge is 0.341 e. The van der Waals surface area contributed by atoms with Crippen LogP contribution in [0.25, 0.3) is 11.1 Å². The predicted molar refractivity (Wildman–Crippen MR) is 138 cm³/mol. The standard InChI is InChI=1S/C25H25ClFNO7S2/c26-24-20(19-13-17(27)3-5-21(19)29)14-23(36-24)37(32,33)15-16-2-4-18(22(30)12-16)25(31)35-9-1-6-28-7-10-34-11-8-28/h2-5,12-14,29-30H,1,6-11,15H2. The van der Waals surface area contributed by atoms with Gasteiger partial charge in [0.25, 0.3) is 0 Å². The molecule has 1 aromatic heterocycles. The lowest BCUT2D eigenvalue weighted by atomic mass is 10.1. The molecular formula is C25H25ClFNO7S2. The number of carbonyl (C=O) groups is 1. The Morgan fingerprint density at radius 1 is 1.08 bits per heavy atom. The second-order valence-corrected chi connectivity index (χ2v) is 12.3. The molecule has 3 aromatic rings. The Hall–Kier alpha value is -2.70. The van der Waals surface area contributed by atoms with Gasteiger partial charge in [0.2, 0.25) is 0 Å². The summed E-state index contributed by atoms with van der Waals surface area (Å²) in [5.74, 6) is -2.40. The maximum atomic E-state index is 13.7. The lowest BCUT2D eigenvalue weighted by Crippen LogP contribution is -2.37. The maximum Gasteiger partial charge on any atom is 0.341 e. The number of ether oxygens (including phenoxy) is 2. The van der Waals surface area contributed by atoms with Crippen molar-refractivity contribution in [3.63, 3.8) is 0 Å². The van der Waals surface area contributed by atoms with E-state index in [9.17, 15) is 27.8 Å². The van der Waals surface area contributed by atoms with E-state index in [0.29, 0.717) is 19.6 Å². The normalized spacial score (nSPS) is 14.5. The van der Waals surface area contributed by atoms with Crippen LogP contribution in [0.5, 0.6) is 11.5 Å². The number of sulfone groups is 1. The van der Waals surface area contributed by atoms with Crippen LogP contribution in [0, 0.1) is 5.82 Å². The first kappa shape index (κ1) is 27.3. The number of phenolic OH excluding ortho intramolecular Hbond substituents is 2. The summed E-state index contributed by atoms with van der Waals surface area (Å²) in [6.07, 6.45) is 0.640. The van der Waals surface area contributed by atoms with Crippen molar-refractivity contribution in [2.24, 2.45) is 0 Å². The van der Waals surface area contributed by atoms with Gasteiger partial charge in [0.15, 0.2) is 9.84 Å². The highest BCUT2D eigenvalue weighted by Gasteiger charge is 2.24. The summed E-state index contributed by atoms with van der Waals surface area (Å²) in [6, 6.07) is 8.53. The number of esters is 1. The highest BCUT2D eigenvalue weighted by atomic mass is 35.5. The van der Waals surface area contributed by atoms with E-state index in [4.69, 9.17) is 21.1 Å². The summed E-state index contributed by atoms with van der Waals surface area (Å²) in [4.78, 5) is 14.6. The summed E-state index contributed by atoms with van der Waals surface area (Å²) >= 11 is 6.99. The zero-order valence-electron chi connectivity index (χ0n) is 19.7. The number of rotatable bonds is 9. The monoisotopic (exact) mass is 569 g/mol. The minimum absolute atomic E-state index is 0.0597. The molecule has 4 rings (SSSR count). The molecule has 37 heavy (non-hydrogen) atoms. The molecule has 0 spiro atoms.